The van der Waals surface area contributed by atoms with E-state index in [1.165, 1.54) is 22.3 Å². The number of hydrogen-bond donors (Lipinski definition) is 1. The molecule has 2 nitrogen and oxygen atoms in total. The van der Waals surface area contributed by atoms with Crippen LogP contribution in [0.3, 0.4) is 0 Å². The second-order valence-electron chi connectivity index (χ2n) is 5.25. The monoisotopic (exact) mass is 269 g/mol. The van der Waals surface area contributed by atoms with Gasteiger partial charge in [-0.05, 0) is 56.1 Å². The van der Waals surface area contributed by atoms with Crippen LogP contribution < -0.4 is 10.1 Å². The summed E-state index contributed by atoms with van der Waals surface area (Å²) < 4.78 is 5.20. The third-order valence-corrected chi connectivity index (χ3v) is 3.75. The summed E-state index contributed by atoms with van der Waals surface area (Å²) in [6, 6.07) is 15.3. The van der Waals surface area contributed by atoms with Crippen LogP contribution in [0.5, 0.6) is 5.75 Å². The van der Waals surface area contributed by atoms with Crippen LogP contribution in [0.15, 0.2) is 42.5 Å². The van der Waals surface area contributed by atoms with Crippen LogP contribution in [0.1, 0.15) is 28.3 Å². The summed E-state index contributed by atoms with van der Waals surface area (Å²) in [6.45, 7) is 4.31. The molecule has 0 aliphatic rings. The number of likely N-dealkylation sites (N-methyl/N-ethyl adjacent to an activating group) is 1. The van der Waals surface area contributed by atoms with Gasteiger partial charge in [0.2, 0.25) is 0 Å². The minimum atomic E-state index is 0.337. The summed E-state index contributed by atoms with van der Waals surface area (Å²) in [5, 5.41) is 3.42. The molecule has 1 N–H and O–H groups in total. The van der Waals surface area contributed by atoms with Gasteiger partial charge in [0, 0.05) is 6.04 Å². The number of methoxy groups -OCH3 is 1. The highest BCUT2D eigenvalue weighted by Crippen LogP contribution is 2.23. The van der Waals surface area contributed by atoms with Crippen molar-refractivity contribution in [3.8, 4) is 5.75 Å². The molecule has 0 aromatic heterocycles. The van der Waals surface area contributed by atoms with Gasteiger partial charge >= 0.3 is 0 Å². The van der Waals surface area contributed by atoms with E-state index in [0.29, 0.717) is 6.04 Å². The Labute approximate surface area is 121 Å². The third kappa shape index (κ3) is 3.40. The molecule has 2 aromatic rings. The van der Waals surface area contributed by atoms with Gasteiger partial charge < -0.3 is 10.1 Å². The smallest absolute Gasteiger partial charge is 0.118 e. The Balaban J connectivity index is 2.19. The summed E-state index contributed by atoms with van der Waals surface area (Å²) in [5.74, 6) is 0.904. The first-order valence-corrected chi connectivity index (χ1v) is 7.01. The maximum absolute atomic E-state index is 5.20. The molecule has 20 heavy (non-hydrogen) atoms. The number of ether oxygens (including phenoxy) is 1. The van der Waals surface area contributed by atoms with E-state index < -0.39 is 0 Å². The Kier molecular flexibility index (Phi) is 4.80. The molecule has 1 unspecified atom stereocenters. The van der Waals surface area contributed by atoms with Gasteiger partial charge in [0.1, 0.15) is 5.75 Å². The second kappa shape index (κ2) is 6.58. The normalized spacial score (nSPS) is 12.2. The fourth-order valence-corrected chi connectivity index (χ4v) is 2.58. The predicted molar refractivity (Wildman–Crippen MR) is 84.4 cm³/mol. The van der Waals surface area contributed by atoms with Crippen LogP contribution >= 0.6 is 0 Å². The molecule has 2 aromatic carbocycles. The average Bonchev–Trinajstić information content (AvgIpc) is 2.46. The Morgan fingerprint density at radius 1 is 1.05 bits per heavy atom. The molecule has 0 bridgehead atoms. The molecule has 0 aliphatic carbocycles. The highest BCUT2D eigenvalue weighted by atomic mass is 16.5. The van der Waals surface area contributed by atoms with Crippen LogP contribution in [0.25, 0.3) is 0 Å². The summed E-state index contributed by atoms with van der Waals surface area (Å²) in [7, 11) is 3.72. The molecule has 0 saturated carbocycles. The van der Waals surface area contributed by atoms with E-state index in [-0.39, 0.29) is 0 Å². The fourth-order valence-electron chi connectivity index (χ4n) is 2.58. The van der Waals surface area contributed by atoms with Crippen molar-refractivity contribution in [2.75, 3.05) is 14.2 Å². The van der Waals surface area contributed by atoms with Gasteiger partial charge in [-0.25, -0.2) is 0 Å². The van der Waals surface area contributed by atoms with Gasteiger partial charge in [-0.15, -0.1) is 0 Å². The van der Waals surface area contributed by atoms with E-state index in [1.54, 1.807) is 7.11 Å². The summed E-state index contributed by atoms with van der Waals surface area (Å²) in [5.41, 5.74) is 5.34. The topological polar surface area (TPSA) is 21.3 Å². The van der Waals surface area contributed by atoms with Crippen LogP contribution in [-0.2, 0) is 6.42 Å². The largest absolute Gasteiger partial charge is 0.497 e. The number of aryl methyl sites for hydroxylation is 2. The number of nitrogens with one attached hydrogen (secondary N) is 1. The van der Waals surface area contributed by atoms with Crippen LogP contribution in [-0.4, -0.2) is 14.2 Å². The maximum atomic E-state index is 5.20. The van der Waals surface area contributed by atoms with E-state index in [0.717, 1.165) is 12.2 Å². The lowest BCUT2D eigenvalue weighted by atomic mass is 9.94. The maximum Gasteiger partial charge on any atom is 0.118 e. The van der Waals surface area contributed by atoms with Gasteiger partial charge in [0.05, 0.1) is 7.11 Å². The Bertz CT molecular complexity index is 560. The molecule has 0 radical (unpaired) electrons. The standard InChI is InChI=1S/C18H23NO/c1-13-5-10-17(14(2)11-13)18(19-3)12-15-6-8-16(20-4)9-7-15/h5-11,18-19H,12H2,1-4H3. The molecule has 0 heterocycles. The number of benzene rings is 2. The second-order valence-corrected chi connectivity index (χ2v) is 5.25. The van der Waals surface area contributed by atoms with Crippen molar-refractivity contribution in [1.29, 1.82) is 0 Å². The third-order valence-electron chi connectivity index (χ3n) is 3.75. The molecule has 2 heteroatoms. The lowest BCUT2D eigenvalue weighted by molar-refractivity contribution is 0.414. The zero-order valence-electron chi connectivity index (χ0n) is 12.7. The lowest BCUT2D eigenvalue weighted by Gasteiger charge is -2.19. The van der Waals surface area contributed by atoms with Crippen molar-refractivity contribution in [2.45, 2.75) is 26.3 Å². The molecule has 0 aliphatic heterocycles. The number of hydrogen-bond acceptors (Lipinski definition) is 2. The van der Waals surface area contributed by atoms with Gasteiger partial charge in [-0.2, -0.15) is 0 Å². The first-order chi connectivity index (χ1) is 9.63. The Hall–Kier alpha value is -1.80. The highest BCUT2D eigenvalue weighted by molar-refractivity contribution is 5.35. The van der Waals surface area contributed by atoms with Gasteiger partial charge in [-0.3, -0.25) is 0 Å². The van der Waals surface area contributed by atoms with E-state index in [9.17, 15) is 0 Å². The van der Waals surface area contributed by atoms with Crippen molar-refractivity contribution in [2.24, 2.45) is 0 Å². The lowest BCUT2D eigenvalue weighted by Crippen LogP contribution is -2.19. The zero-order valence-corrected chi connectivity index (χ0v) is 12.7. The van der Waals surface area contributed by atoms with E-state index in [2.05, 4.69) is 49.5 Å². The van der Waals surface area contributed by atoms with Crippen molar-refractivity contribution in [1.82, 2.24) is 5.32 Å². The van der Waals surface area contributed by atoms with Crippen LogP contribution in [0.4, 0.5) is 0 Å². The minimum absolute atomic E-state index is 0.337. The van der Waals surface area contributed by atoms with Crippen molar-refractivity contribution in [3.63, 3.8) is 0 Å². The molecule has 2 rings (SSSR count). The molecule has 106 valence electrons. The summed E-state index contributed by atoms with van der Waals surface area (Å²) in [4.78, 5) is 0. The highest BCUT2D eigenvalue weighted by Gasteiger charge is 2.12. The van der Waals surface area contributed by atoms with E-state index in [1.807, 2.05) is 19.2 Å². The van der Waals surface area contributed by atoms with E-state index in [4.69, 9.17) is 4.74 Å². The molecule has 0 saturated heterocycles. The first kappa shape index (κ1) is 14.6. The van der Waals surface area contributed by atoms with Crippen LogP contribution in [0.2, 0.25) is 0 Å². The molecule has 0 fully saturated rings. The molecular weight excluding hydrogens is 246 g/mol. The SMILES string of the molecule is CNC(Cc1ccc(OC)cc1)c1ccc(C)cc1C. The molecular formula is C18H23NO. The number of rotatable bonds is 5. The fraction of sp³-hybridized carbons (Fsp3) is 0.333. The Morgan fingerprint density at radius 2 is 1.75 bits per heavy atom. The molecule has 0 spiro atoms. The average molecular weight is 269 g/mol. The van der Waals surface area contributed by atoms with E-state index >= 15 is 0 Å². The van der Waals surface area contributed by atoms with Crippen LogP contribution in [0, 0.1) is 13.8 Å². The van der Waals surface area contributed by atoms with Gasteiger partial charge in [0.15, 0.2) is 0 Å². The van der Waals surface area contributed by atoms with Crippen molar-refractivity contribution >= 4 is 0 Å². The van der Waals surface area contributed by atoms with Gasteiger partial charge in [-0.1, -0.05) is 35.9 Å². The van der Waals surface area contributed by atoms with Crippen molar-refractivity contribution in [3.05, 3.63) is 64.7 Å². The molecule has 1 atom stereocenters. The predicted octanol–water partition coefficient (Wildman–Crippen LogP) is 3.82. The van der Waals surface area contributed by atoms with Crippen molar-refractivity contribution < 1.29 is 4.74 Å². The summed E-state index contributed by atoms with van der Waals surface area (Å²) >= 11 is 0. The first-order valence-electron chi connectivity index (χ1n) is 7.01. The van der Waals surface area contributed by atoms with Gasteiger partial charge in [0.25, 0.3) is 0 Å². The Morgan fingerprint density at radius 3 is 2.30 bits per heavy atom. The molecule has 0 amide bonds. The quantitative estimate of drug-likeness (QED) is 0.891. The summed E-state index contributed by atoms with van der Waals surface area (Å²) in [6.07, 6.45) is 0.977. The zero-order chi connectivity index (χ0) is 14.5. The minimum Gasteiger partial charge on any atom is -0.497 e.